The lowest BCUT2D eigenvalue weighted by atomic mass is 9.86. The second-order valence-electron chi connectivity index (χ2n) is 22.3. The highest BCUT2D eigenvalue weighted by Crippen LogP contribution is 2.38. The quantitative estimate of drug-likeness (QED) is 0.107. The summed E-state index contributed by atoms with van der Waals surface area (Å²) in [4.78, 5) is 0. The number of hydrogen-bond acceptors (Lipinski definition) is 3. The van der Waals surface area contributed by atoms with Crippen molar-refractivity contribution in [2.45, 2.75) is 16.8 Å². The van der Waals surface area contributed by atoms with Gasteiger partial charge in [-0.15, -0.1) is 0 Å². The maximum absolute atomic E-state index is 12.0. The van der Waals surface area contributed by atoms with Gasteiger partial charge in [0.1, 0.15) is 0 Å². The van der Waals surface area contributed by atoms with Gasteiger partial charge in [-0.05, 0) is 121 Å². The second-order valence-corrected chi connectivity index (χ2v) is 22.3. The molecule has 0 aliphatic carbocycles. The van der Waals surface area contributed by atoms with Gasteiger partial charge in [-0.2, -0.15) is 0 Å². The molecule has 13 aromatic rings. The Morgan fingerprint density at radius 3 is 0.478 bits per heavy atom. The van der Waals surface area contributed by atoms with Crippen molar-refractivity contribution in [1.82, 2.24) is 0 Å². The van der Waals surface area contributed by atoms with E-state index in [0.717, 1.165) is 117 Å². The monoisotopic (exact) mass is 1150 g/mol. The zero-order valence-electron chi connectivity index (χ0n) is 49.3. The summed E-state index contributed by atoms with van der Waals surface area (Å²) in [6.07, 6.45) is 0. The van der Waals surface area contributed by atoms with E-state index < -0.39 is 16.8 Å². The molecule has 0 aromatic heterocycles. The van der Waals surface area contributed by atoms with Crippen LogP contribution in [0.25, 0.3) is 66.8 Å². The lowest BCUT2D eigenvalue weighted by molar-refractivity contribution is 0.145. The maximum Gasteiger partial charge on any atom is 0.177 e. The van der Waals surface area contributed by atoms with Crippen LogP contribution in [0.4, 0.5) is 0 Å². The summed E-state index contributed by atoms with van der Waals surface area (Å²) in [5, 5.41) is 36.1. The molecule has 0 bridgehead atoms. The Balaban J connectivity index is 0.781. The van der Waals surface area contributed by atoms with Gasteiger partial charge in [0.2, 0.25) is 0 Å². The minimum atomic E-state index is -1.47. The van der Waals surface area contributed by atoms with Gasteiger partial charge in [0.25, 0.3) is 0 Å². The van der Waals surface area contributed by atoms with Crippen LogP contribution in [0.3, 0.4) is 0 Å². The molecular weight excluding hydrogens is 1090 g/mol. The summed E-state index contributed by atoms with van der Waals surface area (Å²) < 4.78 is 0. The molecule has 3 N–H and O–H groups in total. The van der Waals surface area contributed by atoms with Crippen molar-refractivity contribution >= 4 is 0 Å². The van der Waals surface area contributed by atoms with Crippen LogP contribution >= 0.6 is 0 Å². The van der Waals surface area contributed by atoms with Crippen LogP contribution in [0, 0.1) is 35.5 Å². The van der Waals surface area contributed by atoms with Gasteiger partial charge in [-0.1, -0.05) is 327 Å². The third kappa shape index (κ3) is 12.5. The third-order valence-corrected chi connectivity index (χ3v) is 16.6. The first-order valence-corrected chi connectivity index (χ1v) is 30.0. The number of aliphatic hydroxyl groups is 3. The molecule has 0 amide bonds. The average molecular weight is 1150 g/mol. The van der Waals surface area contributed by atoms with Crippen molar-refractivity contribution in [3.8, 4) is 102 Å². The fraction of sp³-hybridized carbons (Fsp3) is 0.0345. The van der Waals surface area contributed by atoms with Gasteiger partial charge in [-0.25, -0.2) is 0 Å². The first kappa shape index (κ1) is 57.5. The van der Waals surface area contributed by atoms with Crippen LogP contribution in [-0.4, -0.2) is 15.3 Å². The molecule has 0 atom stereocenters. The Kier molecular flexibility index (Phi) is 16.5. The minimum Gasteiger partial charge on any atom is -0.369 e. The van der Waals surface area contributed by atoms with Gasteiger partial charge < -0.3 is 15.3 Å². The van der Waals surface area contributed by atoms with Crippen LogP contribution in [0.1, 0.15) is 50.1 Å². The van der Waals surface area contributed by atoms with Gasteiger partial charge in [0.15, 0.2) is 16.8 Å². The summed E-state index contributed by atoms with van der Waals surface area (Å²) >= 11 is 0. The molecular formula is C87H60O3. The zero-order chi connectivity index (χ0) is 61.2. The zero-order valence-corrected chi connectivity index (χ0v) is 49.3. The second kappa shape index (κ2) is 25.8. The van der Waals surface area contributed by atoms with Crippen molar-refractivity contribution in [3.05, 3.63) is 396 Å². The summed E-state index contributed by atoms with van der Waals surface area (Å²) in [7, 11) is 0. The Morgan fingerprint density at radius 1 is 0.167 bits per heavy atom. The molecule has 0 aliphatic rings. The molecule has 426 valence electrons. The smallest absolute Gasteiger partial charge is 0.177 e. The van der Waals surface area contributed by atoms with Crippen LogP contribution in [0.15, 0.2) is 346 Å². The number of rotatable bonds is 12. The predicted molar refractivity (Wildman–Crippen MR) is 367 cm³/mol. The first-order valence-electron chi connectivity index (χ1n) is 30.0. The van der Waals surface area contributed by atoms with Gasteiger partial charge >= 0.3 is 0 Å². The van der Waals surface area contributed by atoms with Crippen molar-refractivity contribution in [2.24, 2.45) is 0 Å². The molecule has 0 saturated carbocycles. The van der Waals surface area contributed by atoms with E-state index in [1.165, 1.54) is 0 Å². The van der Waals surface area contributed by atoms with E-state index in [1.807, 2.05) is 218 Å². The molecule has 0 fully saturated rings. The molecule has 13 aromatic carbocycles. The van der Waals surface area contributed by atoms with E-state index in [4.69, 9.17) is 0 Å². The molecule has 3 heteroatoms. The van der Waals surface area contributed by atoms with Gasteiger partial charge in [0, 0.05) is 50.1 Å². The molecule has 90 heavy (non-hydrogen) atoms. The van der Waals surface area contributed by atoms with Crippen molar-refractivity contribution in [2.75, 3.05) is 0 Å². The molecule has 0 radical (unpaired) electrons. The lowest BCUT2D eigenvalue weighted by Crippen LogP contribution is -2.25. The predicted octanol–water partition coefficient (Wildman–Crippen LogP) is 18.6. The van der Waals surface area contributed by atoms with E-state index in [2.05, 4.69) is 163 Å². The molecule has 0 unspecified atom stereocenters. The molecule has 3 nitrogen and oxygen atoms in total. The average Bonchev–Trinajstić information content (AvgIpc) is 3.45. The summed E-state index contributed by atoms with van der Waals surface area (Å²) in [6, 6.07) is 115. The Labute approximate surface area is 527 Å². The molecule has 0 heterocycles. The standard InChI is InChI=1S/C87H60O3/c88-85(79-19-7-1-8-20-79,80-21-9-2-10-22-80)58-55-64-31-37-67(38-32-64)70-43-49-73(50-44-70)76-61-77(74-51-45-71(46-52-74)68-39-33-65(34-40-68)56-59-86(89,81-23-11-3-12-24-81)82-25-13-4-14-26-82)63-78(62-76)75-53-47-72(48-54-75)69-41-35-66(36-42-69)57-60-87(90,83-27-15-5-16-28-83)84-29-17-6-18-30-84/h1-54,61-63,88-90H. The Bertz CT molecular complexity index is 4140. The largest absolute Gasteiger partial charge is 0.369 e. The molecule has 0 saturated heterocycles. The highest BCUT2D eigenvalue weighted by Gasteiger charge is 2.31. The third-order valence-electron chi connectivity index (χ3n) is 16.6. The van der Waals surface area contributed by atoms with E-state index in [1.54, 1.807) is 0 Å². The molecule has 13 rings (SSSR count). The van der Waals surface area contributed by atoms with Crippen LogP contribution < -0.4 is 0 Å². The minimum absolute atomic E-state index is 0.718. The Hall–Kier alpha value is -11.6. The van der Waals surface area contributed by atoms with Crippen LogP contribution in [0.5, 0.6) is 0 Å². The SMILES string of the molecule is OC(C#Cc1ccc(-c2ccc(-c3cc(-c4ccc(-c5ccc(C#CC(O)(c6ccccc6)c6ccccc6)cc5)cc4)cc(-c4ccc(-c5ccc(C#CC(O)(c6ccccc6)c6ccccc6)cc5)cc4)c3)cc2)cc1)(c1ccccc1)c1ccccc1. The van der Waals surface area contributed by atoms with E-state index in [0.29, 0.717) is 0 Å². The van der Waals surface area contributed by atoms with Crippen LogP contribution in [0.2, 0.25) is 0 Å². The number of benzene rings is 13. The summed E-state index contributed by atoms with van der Waals surface area (Å²) in [5.74, 6) is 19.4. The van der Waals surface area contributed by atoms with E-state index in [-0.39, 0.29) is 0 Å². The van der Waals surface area contributed by atoms with E-state index >= 15 is 0 Å². The van der Waals surface area contributed by atoms with Crippen LogP contribution in [-0.2, 0) is 16.8 Å². The molecule has 0 aliphatic heterocycles. The maximum atomic E-state index is 12.0. The van der Waals surface area contributed by atoms with Gasteiger partial charge in [-0.3, -0.25) is 0 Å². The summed E-state index contributed by atoms with van der Waals surface area (Å²) in [6.45, 7) is 0. The van der Waals surface area contributed by atoms with Crippen molar-refractivity contribution in [1.29, 1.82) is 0 Å². The topological polar surface area (TPSA) is 60.7 Å². The van der Waals surface area contributed by atoms with E-state index in [9.17, 15) is 15.3 Å². The fourth-order valence-corrected chi connectivity index (χ4v) is 11.4. The van der Waals surface area contributed by atoms with Gasteiger partial charge in [0.05, 0.1) is 0 Å². The lowest BCUT2D eigenvalue weighted by Gasteiger charge is -2.23. The van der Waals surface area contributed by atoms with Crippen molar-refractivity contribution < 1.29 is 15.3 Å². The van der Waals surface area contributed by atoms with Crippen molar-refractivity contribution in [3.63, 3.8) is 0 Å². The first-order chi connectivity index (χ1) is 44.2. The molecule has 0 spiro atoms. The fourth-order valence-electron chi connectivity index (χ4n) is 11.4. The summed E-state index contributed by atoms with van der Waals surface area (Å²) in [5.41, 5.74) is 15.2. The Morgan fingerprint density at radius 2 is 0.311 bits per heavy atom. The highest BCUT2D eigenvalue weighted by molar-refractivity contribution is 5.84. The normalized spacial score (nSPS) is 11.2. The number of hydrogen-bond donors (Lipinski definition) is 3. The highest BCUT2D eigenvalue weighted by atomic mass is 16.3.